The van der Waals surface area contributed by atoms with Crippen molar-refractivity contribution >= 4 is 17.4 Å². The van der Waals surface area contributed by atoms with Crippen molar-refractivity contribution in [3.05, 3.63) is 64.3 Å². The van der Waals surface area contributed by atoms with E-state index < -0.39 is 4.92 Å². The van der Waals surface area contributed by atoms with Gasteiger partial charge in [0.2, 0.25) is 5.91 Å². The van der Waals surface area contributed by atoms with Gasteiger partial charge in [-0.1, -0.05) is 30.3 Å². The summed E-state index contributed by atoms with van der Waals surface area (Å²) < 4.78 is 0. The van der Waals surface area contributed by atoms with Crippen molar-refractivity contribution in [1.29, 1.82) is 0 Å². The van der Waals surface area contributed by atoms with E-state index in [9.17, 15) is 14.9 Å². The maximum absolute atomic E-state index is 12.1. The normalized spacial score (nSPS) is 19.8. The number of rotatable bonds is 4. The molecule has 6 heteroatoms. The molecule has 0 bridgehead atoms. The van der Waals surface area contributed by atoms with Gasteiger partial charge in [-0.2, -0.15) is 0 Å². The van der Waals surface area contributed by atoms with Crippen molar-refractivity contribution in [2.75, 3.05) is 5.32 Å². The summed E-state index contributed by atoms with van der Waals surface area (Å²) in [5, 5.41) is 13.2. The van der Waals surface area contributed by atoms with Gasteiger partial charge in [0.1, 0.15) is 12.0 Å². The first-order chi connectivity index (χ1) is 10.1. The molecule has 1 aliphatic rings. The van der Waals surface area contributed by atoms with Crippen molar-refractivity contribution in [1.82, 2.24) is 4.98 Å². The average Bonchev–Trinajstić information content (AvgIpc) is 3.29. The Hall–Kier alpha value is -2.76. The number of carbonyl (C=O) groups is 1. The van der Waals surface area contributed by atoms with E-state index >= 15 is 0 Å². The third-order valence-electron chi connectivity index (χ3n) is 3.56. The smallest absolute Gasteiger partial charge is 0.287 e. The second kappa shape index (κ2) is 5.32. The van der Waals surface area contributed by atoms with E-state index in [1.807, 2.05) is 30.3 Å². The number of pyridine rings is 1. The van der Waals surface area contributed by atoms with Crippen LogP contribution in [0.4, 0.5) is 11.5 Å². The molecule has 0 unspecified atom stereocenters. The second-order valence-electron chi connectivity index (χ2n) is 5.01. The molecule has 106 valence electrons. The molecule has 0 aliphatic heterocycles. The lowest BCUT2D eigenvalue weighted by Crippen LogP contribution is -2.15. The number of nitrogens with one attached hydrogen (secondary N) is 1. The molecular formula is C15H13N3O3. The van der Waals surface area contributed by atoms with Gasteiger partial charge in [-0.15, -0.1) is 0 Å². The van der Waals surface area contributed by atoms with Crippen LogP contribution >= 0.6 is 0 Å². The third-order valence-corrected chi connectivity index (χ3v) is 3.56. The van der Waals surface area contributed by atoms with Crippen LogP contribution in [0.15, 0.2) is 48.7 Å². The molecule has 0 radical (unpaired) electrons. The molecule has 6 nitrogen and oxygen atoms in total. The Labute approximate surface area is 121 Å². The van der Waals surface area contributed by atoms with E-state index in [0.717, 1.165) is 18.2 Å². The number of hydrogen-bond donors (Lipinski definition) is 1. The van der Waals surface area contributed by atoms with Crippen molar-refractivity contribution in [3.63, 3.8) is 0 Å². The maximum Gasteiger partial charge on any atom is 0.287 e. The van der Waals surface area contributed by atoms with Crippen LogP contribution in [-0.2, 0) is 4.79 Å². The van der Waals surface area contributed by atoms with Crippen molar-refractivity contribution < 1.29 is 9.72 Å². The predicted octanol–water partition coefficient (Wildman–Crippen LogP) is 2.73. The van der Waals surface area contributed by atoms with Gasteiger partial charge in [0, 0.05) is 12.0 Å². The first-order valence-corrected chi connectivity index (χ1v) is 6.61. The zero-order valence-electron chi connectivity index (χ0n) is 11.1. The number of nitro groups is 1. The van der Waals surface area contributed by atoms with Crippen molar-refractivity contribution in [2.45, 2.75) is 12.3 Å². The summed E-state index contributed by atoms with van der Waals surface area (Å²) in [6.07, 6.45) is 1.96. The molecule has 1 amide bonds. The van der Waals surface area contributed by atoms with Gasteiger partial charge in [-0.25, -0.2) is 4.98 Å². The Morgan fingerprint density at radius 1 is 1.24 bits per heavy atom. The maximum atomic E-state index is 12.1. The number of amides is 1. The fourth-order valence-corrected chi connectivity index (χ4v) is 2.34. The summed E-state index contributed by atoms with van der Waals surface area (Å²) in [6.45, 7) is 0. The molecule has 1 aromatic carbocycles. The lowest BCUT2D eigenvalue weighted by atomic mass is 10.1. The van der Waals surface area contributed by atoms with Crippen LogP contribution in [-0.4, -0.2) is 15.8 Å². The molecule has 1 aliphatic carbocycles. The van der Waals surface area contributed by atoms with Crippen molar-refractivity contribution in [2.24, 2.45) is 5.92 Å². The number of hydrogen-bond acceptors (Lipinski definition) is 4. The van der Waals surface area contributed by atoms with Crippen LogP contribution in [0.1, 0.15) is 17.9 Å². The Kier molecular flexibility index (Phi) is 3.35. The number of nitrogens with zero attached hydrogens (tertiary/aromatic N) is 2. The van der Waals surface area contributed by atoms with E-state index in [-0.39, 0.29) is 23.4 Å². The van der Waals surface area contributed by atoms with Gasteiger partial charge in [0.15, 0.2) is 0 Å². The minimum atomic E-state index is -0.523. The molecule has 0 spiro atoms. The van der Waals surface area contributed by atoms with E-state index in [2.05, 4.69) is 10.3 Å². The average molecular weight is 283 g/mol. The van der Waals surface area contributed by atoms with Crippen LogP contribution in [0, 0.1) is 16.0 Å². The van der Waals surface area contributed by atoms with Crippen LogP contribution in [0.2, 0.25) is 0 Å². The first-order valence-electron chi connectivity index (χ1n) is 6.61. The Morgan fingerprint density at radius 3 is 2.62 bits per heavy atom. The minimum Gasteiger partial charge on any atom is -0.310 e. The van der Waals surface area contributed by atoms with Gasteiger partial charge in [0.25, 0.3) is 5.69 Å². The zero-order chi connectivity index (χ0) is 14.8. The molecule has 21 heavy (non-hydrogen) atoms. The first kappa shape index (κ1) is 13.2. The highest BCUT2D eigenvalue weighted by Crippen LogP contribution is 2.47. The Balaban J connectivity index is 1.62. The quantitative estimate of drug-likeness (QED) is 0.690. The molecule has 3 rings (SSSR count). The summed E-state index contributed by atoms with van der Waals surface area (Å²) in [7, 11) is 0. The minimum absolute atomic E-state index is 0.0515. The standard InChI is InChI=1S/C15H13N3O3/c19-15(13-8-12(13)10-4-2-1-3-5-10)17-14-7-6-11(9-16-14)18(20)21/h1-7,9,12-13H,8H2,(H,16,17,19)/t12-,13-/m0/s1. The van der Waals surface area contributed by atoms with Crippen LogP contribution in [0.5, 0.6) is 0 Å². The fourth-order valence-electron chi connectivity index (χ4n) is 2.34. The Bertz CT molecular complexity index is 670. The number of benzene rings is 1. The second-order valence-corrected chi connectivity index (χ2v) is 5.01. The fraction of sp³-hybridized carbons (Fsp3) is 0.200. The van der Waals surface area contributed by atoms with Crippen LogP contribution < -0.4 is 5.32 Å². The molecule has 1 heterocycles. The van der Waals surface area contributed by atoms with Crippen LogP contribution in [0.25, 0.3) is 0 Å². The monoisotopic (exact) mass is 283 g/mol. The lowest BCUT2D eigenvalue weighted by molar-refractivity contribution is -0.385. The van der Waals surface area contributed by atoms with Crippen LogP contribution in [0.3, 0.4) is 0 Å². The number of aromatic nitrogens is 1. The summed E-state index contributed by atoms with van der Waals surface area (Å²) >= 11 is 0. The SMILES string of the molecule is O=C(Nc1ccc([N+](=O)[O-])cn1)[C@H]1C[C@H]1c1ccccc1. The number of carbonyl (C=O) groups excluding carboxylic acids is 1. The van der Waals surface area contributed by atoms with E-state index in [0.29, 0.717) is 5.82 Å². The molecule has 1 aromatic heterocycles. The largest absolute Gasteiger partial charge is 0.310 e. The van der Waals surface area contributed by atoms with Crippen molar-refractivity contribution in [3.8, 4) is 0 Å². The van der Waals surface area contributed by atoms with Gasteiger partial charge < -0.3 is 5.32 Å². The molecule has 0 saturated heterocycles. The third kappa shape index (κ3) is 2.89. The van der Waals surface area contributed by atoms with Gasteiger partial charge in [-0.05, 0) is 24.0 Å². The molecular weight excluding hydrogens is 270 g/mol. The molecule has 2 atom stereocenters. The van der Waals surface area contributed by atoms with E-state index in [1.165, 1.54) is 12.1 Å². The highest BCUT2D eigenvalue weighted by molar-refractivity contribution is 5.94. The van der Waals surface area contributed by atoms with Gasteiger partial charge >= 0.3 is 0 Å². The molecule has 1 fully saturated rings. The lowest BCUT2D eigenvalue weighted by Gasteiger charge is -2.04. The van der Waals surface area contributed by atoms with Gasteiger partial charge in [-0.3, -0.25) is 14.9 Å². The zero-order valence-corrected chi connectivity index (χ0v) is 11.1. The molecule has 2 aromatic rings. The summed E-state index contributed by atoms with van der Waals surface area (Å²) in [4.78, 5) is 26.0. The predicted molar refractivity (Wildman–Crippen MR) is 76.8 cm³/mol. The Morgan fingerprint density at radius 2 is 2.00 bits per heavy atom. The summed E-state index contributed by atoms with van der Waals surface area (Å²) in [5.41, 5.74) is 1.07. The summed E-state index contributed by atoms with van der Waals surface area (Å²) in [5.74, 6) is 0.447. The highest BCUT2D eigenvalue weighted by Gasteiger charge is 2.43. The molecule has 1 saturated carbocycles. The number of anilines is 1. The van der Waals surface area contributed by atoms with E-state index in [1.54, 1.807) is 0 Å². The molecule has 1 N–H and O–H groups in total. The van der Waals surface area contributed by atoms with E-state index in [4.69, 9.17) is 0 Å². The highest BCUT2D eigenvalue weighted by atomic mass is 16.6. The van der Waals surface area contributed by atoms with Gasteiger partial charge in [0.05, 0.1) is 4.92 Å². The summed E-state index contributed by atoms with van der Waals surface area (Å²) in [6, 6.07) is 12.7. The topological polar surface area (TPSA) is 85.1 Å².